The van der Waals surface area contributed by atoms with E-state index >= 15 is 0 Å². The van der Waals surface area contributed by atoms with Crippen molar-refractivity contribution in [3.63, 3.8) is 0 Å². The van der Waals surface area contributed by atoms with Gasteiger partial charge in [-0.15, -0.1) is 0 Å². The standard InChI is InChI=1S/C24H35N3O3/c1-3-4-16-26-17-18-27(24(30)23(26)29)21(19-12-8-7-9-13-19)22(28)25(2)20-14-10-5-6-11-15-20/h7-9,12-13,20-21H,3-6,10-11,14-18H2,1-2H3. The number of hydrogen-bond acceptors (Lipinski definition) is 3. The molecule has 1 saturated carbocycles. The normalized spacial score (nSPS) is 19.5. The van der Waals surface area contributed by atoms with Crippen LogP contribution in [-0.2, 0) is 14.4 Å². The molecule has 1 aromatic rings. The quantitative estimate of drug-likeness (QED) is 0.509. The van der Waals surface area contributed by atoms with Crippen molar-refractivity contribution in [2.45, 2.75) is 70.4 Å². The summed E-state index contributed by atoms with van der Waals surface area (Å²) in [6, 6.07) is 8.87. The summed E-state index contributed by atoms with van der Waals surface area (Å²) in [5.74, 6) is -1.13. The Balaban J connectivity index is 1.83. The first-order chi connectivity index (χ1) is 14.5. The molecule has 3 rings (SSSR count). The summed E-state index contributed by atoms with van der Waals surface area (Å²) in [5.41, 5.74) is 0.770. The van der Waals surface area contributed by atoms with Crippen LogP contribution in [0.5, 0.6) is 0 Å². The van der Waals surface area contributed by atoms with Gasteiger partial charge in [-0.25, -0.2) is 0 Å². The molecule has 1 aliphatic heterocycles. The first-order valence-corrected chi connectivity index (χ1v) is 11.5. The lowest BCUT2D eigenvalue weighted by atomic mass is 10.00. The van der Waals surface area contributed by atoms with Crippen molar-refractivity contribution in [1.29, 1.82) is 0 Å². The Morgan fingerprint density at radius 1 is 1.03 bits per heavy atom. The third-order valence-corrected chi connectivity index (χ3v) is 6.50. The second kappa shape index (κ2) is 10.6. The summed E-state index contributed by atoms with van der Waals surface area (Å²) in [6.07, 6.45) is 8.55. The number of piperazine rings is 1. The summed E-state index contributed by atoms with van der Waals surface area (Å²) in [6.45, 7) is 3.53. The molecule has 6 nitrogen and oxygen atoms in total. The lowest BCUT2D eigenvalue weighted by Crippen LogP contribution is -2.58. The van der Waals surface area contributed by atoms with Gasteiger partial charge in [-0.3, -0.25) is 14.4 Å². The molecule has 0 radical (unpaired) electrons. The summed E-state index contributed by atoms with van der Waals surface area (Å²) >= 11 is 0. The van der Waals surface area contributed by atoms with Crippen LogP contribution in [0, 0.1) is 0 Å². The maximum absolute atomic E-state index is 13.7. The van der Waals surface area contributed by atoms with E-state index in [1.54, 1.807) is 4.90 Å². The Morgan fingerprint density at radius 2 is 1.70 bits per heavy atom. The third kappa shape index (κ3) is 5.02. The zero-order valence-corrected chi connectivity index (χ0v) is 18.4. The molecule has 1 saturated heterocycles. The number of hydrogen-bond donors (Lipinski definition) is 0. The second-order valence-corrected chi connectivity index (χ2v) is 8.55. The largest absolute Gasteiger partial charge is 0.341 e. The summed E-state index contributed by atoms with van der Waals surface area (Å²) in [5, 5.41) is 0. The Bertz CT molecular complexity index is 728. The lowest BCUT2D eigenvalue weighted by molar-refractivity contribution is -0.161. The molecule has 0 spiro atoms. The lowest BCUT2D eigenvalue weighted by Gasteiger charge is -2.40. The van der Waals surface area contributed by atoms with Crippen LogP contribution in [0.15, 0.2) is 30.3 Å². The minimum absolute atomic E-state index is 0.0868. The van der Waals surface area contributed by atoms with Gasteiger partial charge in [0.15, 0.2) is 0 Å². The van der Waals surface area contributed by atoms with Gasteiger partial charge < -0.3 is 14.7 Å². The van der Waals surface area contributed by atoms with E-state index in [-0.39, 0.29) is 11.9 Å². The number of carbonyl (C=O) groups is 3. The maximum atomic E-state index is 13.7. The number of amides is 3. The summed E-state index contributed by atoms with van der Waals surface area (Å²) in [4.78, 5) is 44.4. The molecule has 1 aliphatic carbocycles. The first-order valence-electron chi connectivity index (χ1n) is 11.5. The molecule has 30 heavy (non-hydrogen) atoms. The van der Waals surface area contributed by atoms with Gasteiger partial charge in [0.25, 0.3) is 0 Å². The molecule has 6 heteroatoms. The highest BCUT2D eigenvalue weighted by Crippen LogP contribution is 2.29. The van der Waals surface area contributed by atoms with E-state index in [0.29, 0.717) is 19.6 Å². The van der Waals surface area contributed by atoms with Gasteiger partial charge in [-0.2, -0.15) is 0 Å². The van der Waals surface area contributed by atoms with E-state index in [1.165, 1.54) is 17.7 Å². The number of unbranched alkanes of at least 4 members (excludes halogenated alkanes) is 1. The van der Waals surface area contributed by atoms with Crippen LogP contribution in [0.4, 0.5) is 0 Å². The van der Waals surface area contributed by atoms with Gasteiger partial charge in [-0.1, -0.05) is 69.4 Å². The van der Waals surface area contributed by atoms with Gasteiger partial charge in [0.2, 0.25) is 5.91 Å². The molecule has 0 N–H and O–H groups in total. The predicted molar refractivity (Wildman–Crippen MR) is 117 cm³/mol. The van der Waals surface area contributed by atoms with Crippen LogP contribution in [-0.4, -0.2) is 65.1 Å². The van der Waals surface area contributed by atoms with Crippen LogP contribution in [0.25, 0.3) is 0 Å². The van der Waals surface area contributed by atoms with E-state index in [2.05, 4.69) is 6.92 Å². The highest BCUT2D eigenvalue weighted by molar-refractivity contribution is 6.35. The number of rotatable bonds is 7. The van der Waals surface area contributed by atoms with E-state index in [4.69, 9.17) is 0 Å². The minimum Gasteiger partial charge on any atom is -0.341 e. The SMILES string of the molecule is CCCCN1CCN(C(C(=O)N(C)C2CCCCCC2)c2ccccc2)C(=O)C1=O. The van der Waals surface area contributed by atoms with Crippen molar-refractivity contribution in [2.24, 2.45) is 0 Å². The number of carbonyl (C=O) groups excluding carboxylic acids is 3. The molecule has 164 valence electrons. The molecule has 1 unspecified atom stereocenters. The molecule has 1 heterocycles. The Morgan fingerprint density at radius 3 is 2.33 bits per heavy atom. The van der Waals surface area contributed by atoms with E-state index in [0.717, 1.165) is 44.1 Å². The molecule has 1 atom stereocenters. The number of likely N-dealkylation sites (N-methyl/N-ethyl adjacent to an activating group) is 1. The zero-order valence-electron chi connectivity index (χ0n) is 18.4. The Hall–Kier alpha value is -2.37. The molecular formula is C24H35N3O3. The fourth-order valence-electron chi connectivity index (χ4n) is 4.61. The van der Waals surface area contributed by atoms with E-state index in [1.807, 2.05) is 42.3 Å². The molecule has 0 bridgehead atoms. The van der Waals surface area contributed by atoms with Gasteiger partial charge in [0.1, 0.15) is 6.04 Å². The summed E-state index contributed by atoms with van der Waals surface area (Å²) in [7, 11) is 1.86. The van der Waals surface area contributed by atoms with Crippen LogP contribution in [0.3, 0.4) is 0 Å². The van der Waals surface area contributed by atoms with Crippen LogP contribution in [0.1, 0.15) is 69.9 Å². The summed E-state index contributed by atoms with van der Waals surface area (Å²) < 4.78 is 0. The topological polar surface area (TPSA) is 60.9 Å². The average molecular weight is 414 g/mol. The first kappa shape index (κ1) is 22.3. The van der Waals surface area contributed by atoms with Crippen LogP contribution in [0.2, 0.25) is 0 Å². The molecule has 2 fully saturated rings. The van der Waals surface area contributed by atoms with Crippen LogP contribution < -0.4 is 0 Å². The molecule has 2 aliphatic rings. The average Bonchev–Trinajstić information content (AvgIpc) is 3.06. The monoisotopic (exact) mass is 413 g/mol. The molecule has 3 amide bonds. The van der Waals surface area contributed by atoms with Crippen molar-refractivity contribution in [3.8, 4) is 0 Å². The highest BCUT2D eigenvalue weighted by atomic mass is 16.2. The van der Waals surface area contributed by atoms with Crippen molar-refractivity contribution < 1.29 is 14.4 Å². The van der Waals surface area contributed by atoms with E-state index in [9.17, 15) is 14.4 Å². The predicted octanol–water partition coefficient (Wildman–Crippen LogP) is 3.38. The zero-order chi connectivity index (χ0) is 21.5. The molecule has 1 aromatic carbocycles. The van der Waals surface area contributed by atoms with Gasteiger partial charge in [0, 0.05) is 32.7 Å². The maximum Gasteiger partial charge on any atom is 0.313 e. The third-order valence-electron chi connectivity index (χ3n) is 6.50. The van der Waals surface area contributed by atoms with Gasteiger partial charge >= 0.3 is 11.8 Å². The smallest absolute Gasteiger partial charge is 0.313 e. The van der Waals surface area contributed by atoms with Crippen molar-refractivity contribution in [1.82, 2.24) is 14.7 Å². The molecule has 0 aromatic heterocycles. The minimum atomic E-state index is -0.746. The number of nitrogens with zero attached hydrogens (tertiary/aromatic N) is 3. The van der Waals surface area contributed by atoms with Crippen molar-refractivity contribution >= 4 is 17.7 Å². The fourth-order valence-corrected chi connectivity index (χ4v) is 4.61. The van der Waals surface area contributed by atoms with Crippen LogP contribution >= 0.6 is 0 Å². The van der Waals surface area contributed by atoms with Gasteiger partial charge in [0.05, 0.1) is 0 Å². The van der Waals surface area contributed by atoms with Crippen molar-refractivity contribution in [2.75, 3.05) is 26.7 Å². The van der Waals surface area contributed by atoms with Gasteiger partial charge in [-0.05, 0) is 24.8 Å². The Labute approximate surface area is 180 Å². The van der Waals surface area contributed by atoms with Crippen molar-refractivity contribution in [3.05, 3.63) is 35.9 Å². The number of benzene rings is 1. The highest BCUT2D eigenvalue weighted by Gasteiger charge is 2.41. The Kier molecular flexibility index (Phi) is 7.88. The van der Waals surface area contributed by atoms with E-state index < -0.39 is 17.9 Å². The fraction of sp³-hybridized carbons (Fsp3) is 0.625. The second-order valence-electron chi connectivity index (χ2n) is 8.55. The molecular weight excluding hydrogens is 378 g/mol.